The van der Waals surface area contributed by atoms with Gasteiger partial charge in [0, 0.05) is 0 Å². The summed E-state index contributed by atoms with van der Waals surface area (Å²) in [5.74, 6) is 4.19. The first kappa shape index (κ1) is 15.4. The van der Waals surface area contributed by atoms with Crippen LogP contribution in [0.1, 0.15) is 5.56 Å². The molecule has 0 aliphatic carbocycles. The highest BCUT2D eigenvalue weighted by Crippen LogP contribution is 2.18. The van der Waals surface area contributed by atoms with Crippen LogP contribution in [-0.4, -0.2) is 19.9 Å². The van der Waals surface area contributed by atoms with Gasteiger partial charge in [-0.15, -0.1) is 6.42 Å². The van der Waals surface area contributed by atoms with E-state index in [0.717, 1.165) is 22.7 Å². The topological polar surface area (TPSA) is 30.8 Å². The second-order valence-electron chi connectivity index (χ2n) is 4.45. The van der Waals surface area contributed by atoms with E-state index in [4.69, 9.17) is 15.9 Å². The van der Waals surface area contributed by atoms with E-state index in [-0.39, 0.29) is 0 Å². The number of terminal acetylenes is 1. The molecule has 0 fully saturated rings. The van der Waals surface area contributed by atoms with Crippen LogP contribution in [-0.2, 0) is 0 Å². The van der Waals surface area contributed by atoms with Crippen molar-refractivity contribution in [2.75, 3.05) is 14.2 Å². The molecule has 22 heavy (non-hydrogen) atoms. The zero-order valence-electron chi connectivity index (χ0n) is 12.6. The Bertz CT molecular complexity index is 705. The zero-order valence-corrected chi connectivity index (χ0v) is 12.6. The van der Waals surface area contributed by atoms with Gasteiger partial charge >= 0.3 is 0 Å². The first-order valence-corrected chi connectivity index (χ1v) is 6.76. The third kappa shape index (κ3) is 4.26. The first-order chi connectivity index (χ1) is 10.7. The number of aliphatic imine (C=N–C) groups is 1. The summed E-state index contributed by atoms with van der Waals surface area (Å²) in [6.45, 7) is 0. The molecule has 0 aliphatic rings. The third-order valence-corrected chi connectivity index (χ3v) is 3.02. The highest BCUT2D eigenvalue weighted by atomic mass is 16.5. The normalized spacial score (nSPS) is 11.2. The lowest BCUT2D eigenvalue weighted by atomic mass is 10.2. The molecule has 0 aromatic heterocycles. The van der Waals surface area contributed by atoms with Crippen LogP contribution < -0.4 is 9.47 Å². The molecule has 0 bridgehead atoms. The van der Waals surface area contributed by atoms with Gasteiger partial charge in [0.2, 0.25) is 0 Å². The van der Waals surface area contributed by atoms with E-state index in [9.17, 15) is 0 Å². The van der Waals surface area contributed by atoms with Crippen molar-refractivity contribution in [3.8, 4) is 23.8 Å². The molecular formula is C19H17NO2. The molecule has 3 nitrogen and oxygen atoms in total. The summed E-state index contributed by atoms with van der Waals surface area (Å²) in [7, 11) is 3.27. The van der Waals surface area contributed by atoms with Crippen LogP contribution >= 0.6 is 0 Å². The van der Waals surface area contributed by atoms with Crippen LogP contribution in [0.2, 0.25) is 0 Å². The Morgan fingerprint density at radius 2 is 1.50 bits per heavy atom. The number of hydrogen-bond donors (Lipinski definition) is 0. The number of hydrogen-bond acceptors (Lipinski definition) is 3. The van der Waals surface area contributed by atoms with E-state index in [0.29, 0.717) is 5.71 Å². The molecule has 2 aromatic carbocycles. The molecule has 0 N–H and O–H groups in total. The van der Waals surface area contributed by atoms with Crippen molar-refractivity contribution in [2.45, 2.75) is 0 Å². The molecule has 2 aromatic rings. The van der Waals surface area contributed by atoms with Gasteiger partial charge in [-0.2, -0.15) is 0 Å². The molecule has 0 unspecified atom stereocenters. The maximum atomic E-state index is 5.51. The lowest BCUT2D eigenvalue weighted by Crippen LogP contribution is -1.87. The zero-order chi connectivity index (χ0) is 15.8. The van der Waals surface area contributed by atoms with E-state index < -0.39 is 0 Å². The van der Waals surface area contributed by atoms with Crippen molar-refractivity contribution in [1.29, 1.82) is 0 Å². The average Bonchev–Trinajstić information content (AvgIpc) is 2.59. The largest absolute Gasteiger partial charge is 0.497 e. The quantitative estimate of drug-likeness (QED) is 0.613. The van der Waals surface area contributed by atoms with Crippen molar-refractivity contribution in [1.82, 2.24) is 0 Å². The summed E-state index contributed by atoms with van der Waals surface area (Å²) in [5, 5.41) is 0. The molecule has 110 valence electrons. The second-order valence-corrected chi connectivity index (χ2v) is 4.45. The number of benzene rings is 2. The Labute approximate surface area is 130 Å². The molecule has 0 aliphatic heterocycles. The van der Waals surface area contributed by atoms with Crippen molar-refractivity contribution in [2.24, 2.45) is 4.99 Å². The van der Waals surface area contributed by atoms with Gasteiger partial charge in [-0.3, -0.25) is 0 Å². The molecule has 0 atom stereocenters. The van der Waals surface area contributed by atoms with Gasteiger partial charge < -0.3 is 9.47 Å². The summed E-state index contributed by atoms with van der Waals surface area (Å²) in [5.41, 5.74) is 2.37. The smallest absolute Gasteiger partial charge is 0.119 e. The Morgan fingerprint density at radius 3 is 2.00 bits per heavy atom. The Balaban J connectivity index is 2.14. The summed E-state index contributed by atoms with van der Waals surface area (Å²) in [6.07, 6.45) is 9.24. The number of allylic oxidation sites excluding steroid dienone is 1. The number of nitrogens with zero attached hydrogens (tertiary/aromatic N) is 1. The molecule has 0 amide bonds. The van der Waals surface area contributed by atoms with Crippen molar-refractivity contribution >= 4 is 17.5 Å². The molecule has 3 heteroatoms. The van der Waals surface area contributed by atoms with Gasteiger partial charge in [-0.1, -0.05) is 24.1 Å². The predicted molar refractivity (Wildman–Crippen MR) is 91.0 cm³/mol. The average molecular weight is 291 g/mol. The third-order valence-electron chi connectivity index (χ3n) is 3.02. The first-order valence-electron chi connectivity index (χ1n) is 6.76. The van der Waals surface area contributed by atoms with E-state index >= 15 is 0 Å². The molecule has 2 rings (SSSR count). The van der Waals surface area contributed by atoms with Crippen molar-refractivity contribution in [3.05, 3.63) is 60.2 Å². The Kier molecular flexibility index (Phi) is 5.39. The van der Waals surface area contributed by atoms with Crippen molar-refractivity contribution in [3.63, 3.8) is 0 Å². The molecular weight excluding hydrogens is 274 g/mol. The summed E-state index contributed by atoms with van der Waals surface area (Å²) in [4.78, 5) is 4.41. The number of rotatable bonds is 5. The van der Waals surface area contributed by atoms with Crippen molar-refractivity contribution < 1.29 is 9.47 Å². The molecule has 0 heterocycles. The molecule has 0 radical (unpaired) electrons. The van der Waals surface area contributed by atoms with E-state index in [1.807, 2.05) is 60.7 Å². The van der Waals surface area contributed by atoms with E-state index in [1.54, 1.807) is 14.2 Å². The fourth-order valence-corrected chi connectivity index (χ4v) is 1.80. The lowest BCUT2D eigenvalue weighted by Gasteiger charge is -2.00. The monoisotopic (exact) mass is 291 g/mol. The van der Waals surface area contributed by atoms with Crippen LogP contribution in [0, 0.1) is 12.3 Å². The fraction of sp³-hybridized carbons (Fsp3) is 0.105. The summed E-state index contributed by atoms with van der Waals surface area (Å²) >= 11 is 0. The molecule has 0 saturated carbocycles. The minimum atomic E-state index is 0.556. The highest BCUT2D eigenvalue weighted by molar-refractivity contribution is 6.11. The summed E-state index contributed by atoms with van der Waals surface area (Å²) < 4.78 is 10.2. The number of methoxy groups -OCH3 is 2. The van der Waals surface area contributed by atoms with Gasteiger partial charge in [0.25, 0.3) is 0 Å². The highest BCUT2D eigenvalue weighted by Gasteiger charge is 1.95. The summed E-state index contributed by atoms with van der Waals surface area (Å²) in [6, 6.07) is 15.1. The standard InChI is InChI=1S/C19H17NO2/c1-4-16(20-17-9-13-19(22-3)14-10-17)8-5-15-6-11-18(21-2)12-7-15/h1,5-14H,2-3H3/b8-5+,20-16?. The Morgan fingerprint density at radius 1 is 0.955 bits per heavy atom. The Hall–Kier alpha value is -2.99. The van der Waals surface area contributed by atoms with Crippen LogP contribution in [0.4, 0.5) is 5.69 Å². The van der Waals surface area contributed by atoms with Crippen LogP contribution in [0.25, 0.3) is 6.08 Å². The number of ether oxygens (including phenoxy) is 2. The van der Waals surface area contributed by atoms with Crippen LogP contribution in [0.3, 0.4) is 0 Å². The minimum absolute atomic E-state index is 0.556. The van der Waals surface area contributed by atoms with Gasteiger partial charge in [-0.25, -0.2) is 4.99 Å². The maximum absolute atomic E-state index is 5.51. The molecule has 0 spiro atoms. The van der Waals surface area contributed by atoms with Crippen LogP contribution in [0.15, 0.2) is 59.6 Å². The fourth-order valence-electron chi connectivity index (χ4n) is 1.80. The van der Waals surface area contributed by atoms with Gasteiger partial charge in [0.15, 0.2) is 0 Å². The molecule has 0 saturated heterocycles. The SMILES string of the molecule is C#CC(/C=C/c1ccc(OC)cc1)=Nc1ccc(OC)cc1. The van der Waals surface area contributed by atoms with Gasteiger partial charge in [0.1, 0.15) is 17.2 Å². The predicted octanol–water partition coefficient (Wildman–Crippen LogP) is 4.12. The maximum Gasteiger partial charge on any atom is 0.119 e. The lowest BCUT2D eigenvalue weighted by molar-refractivity contribution is 0.414. The van der Waals surface area contributed by atoms with E-state index in [1.165, 1.54) is 0 Å². The van der Waals surface area contributed by atoms with Crippen LogP contribution in [0.5, 0.6) is 11.5 Å². The minimum Gasteiger partial charge on any atom is -0.497 e. The van der Waals surface area contributed by atoms with Gasteiger partial charge in [-0.05, 0) is 48.0 Å². The van der Waals surface area contributed by atoms with E-state index in [2.05, 4.69) is 10.9 Å². The van der Waals surface area contributed by atoms with Gasteiger partial charge in [0.05, 0.1) is 19.9 Å². The second kappa shape index (κ2) is 7.70.